The average molecular weight is 220 g/mol. The number of hydrogen-bond donors (Lipinski definition) is 2. The number of benzene rings is 1. The third-order valence-electron chi connectivity index (χ3n) is 2.17. The summed E-state index contributed by atoms with van der Waals surface area (Å²) in [6.45, 7) is 1.80. The molecule has 0 spiro atoms. The van der Waals surface area contributed by atoms with Gasteiger partial charge in [0.2, 0.25) is 0 Å². The standard InChI is InChI=1S/C11H16N4O/c1-8(15(2)3)13-14-11(16)9-6-4-5-7-10(9)12/h4-7H,12H2,1-3H3,(H,14,16)/b13-8-. The Hall–Kier alpha value is -2.04. The summed E-state index contributed by atoms with van der Waals surface area (Å²) in [5, 5.41) is 3.93. The van der Waals surface area contributed by atoms with Gasteiger partial charge in [0.1, 0.15) is 5.84 Å². The lowest BCUT2D eigenvalue weighted by atomic mass is 10.2. The molecule has 0 saturated carbocycles. The van der Waals surface area contributed by atoms with Crippen molar-refractivity contribution >= 4 is 17.4 Å². The highest BCUT2D eigenvalue weighted by Gasteiger charge is 2.07. The van der Waals surface area contributed by atoms with E-state index in [0.717, 1.165) is 0 Å². The van der Waals surface area contributed by atoms with Gasteiger partial charge in [-0.2, -0.15) is 5.10 Å². The molecule has 5 heteroatoms. The zero-order chi connectivity index (χ0) is 12.1. The lowest BCUT2D eigenvalue weighted by Crippen LogP contribution is -2.25. The second-order valence-electron chi connectivity index (χ2n) is 3.58. The Kier molecular flexibility index (Phi) is 3.88. The van der Waals surface area contributed by atoms with Gasteiger partial charge in [-0.3, -0.25) is 4.79 Å². The molecule has 16 heavy (non-hydrogen) atoms. The van der Waals surface area contributed by atoms with Crippen LogP contribution in [0.3, 0.4) is 0 Å². The fourth-order valence-corrected chi connectivity index (χ4v) is 0.996. The first-order valence-electron chi connectivity index (χ1n) is 4.89. The number of para-hydroxylation sites is 1. The smallest absolute Gasteiger partial charge is 0.273 e. The minimum Gasteiger partial charge on any atom is -0.398 e. The van der Waals surface area contributed by atoms with E-state index in [1.165, 1.54) is 0 Å². The van der Waals surface area contributed by atoms with E-state index >= 15 is 0 Å². The third-order valence-corrected chi connectivity index (χ3v) is 2.17. The summed E-state index contributed by atoms with van der Waals surface area (Å²) < 4.78 is 0. The Morgan fingerprint density at radius 1 is 1.38 bits per heavy atom. The van der Waals surface area contributed by atoms with Crippen LogP contribution >= 0.6 is 0 Å². The molecule has 0 atom stereocenters. The zero-order valence-corrected chi connectivity index (χ0v) is 9.69. The highest BCUT2D eigenvalue weighted by Crippen LogP contribution is 2.09. The van der Waals surface area contributed by atoms with E-state index < -0.39 is 0 Å². The number of carbonyl (C=O) groups is 1. The lowest BCUT2D eigenvalue weighted by molar-refractivity contribution is 0.0955. The molecular formula is C11H16N4O. The molecule has 3 N–H and O–H groups in total. The molecule has 1 amide bonds. The van der Waals surface area contributed by atoms with E-state index in [1.807, 2.05) is 14.1 Å². The number of nitrogens with two attached hydrogens (primary N) is 1. The van der Waals surface area contributed by atoms with E-state index in [2.05, 4.69) is 10.5 Å². The van der Waals surface area contributed by atoms with Gasteiger partial charge in [-0.25, -0.2) is 5.43 Å². The number of nitrogens with one attached hydrogen (secondary N) is 1. The molecule has 0 unspecified atom stereocenters. The van der Waals surface area contributed by atoms with Crippen molar-refractivity contribution in [3.8, 4) is 0 Å². The molecule has 1 aromatic rings. The molecule has 0 aliphatic heterocycles. The summed E-state index contributed by atoms with van der Waals surface area (Å²) in [4.78, 5) is 13.5. The first-order valence-corrected chi connectivity index (χ1v) is 4.89. The molecule has 0 radical (unpaired) electrons. The number of nitrogen functional groups attached to an aromatic ring is 1. The van der Waals surface area contributed by atoms with Crippen LogP contribution in [0.1, 0.15) is 17.3 Å². The molecule has 86 valence electrons. The number of hydrogen-bond acceptors (Lipinski definition) is 3. The summed E-state index contributed by atoms with van der Waals surface area (Å²) in [7, 11) is 3.70. The van der Waals surface area contributed by atoms with E-state index in [9.17, 15) is 4.79 Å². The van der Waals surface area contributed by atoms with Gasteiger partial charge in [-0.15, -0.1) is 0 Å². The Morgan fingerprint density at radius 2 is 2.00 bits per heavy atom. The van der Waals surface area contributed by atoms with Crippen molar-refractivity contribution in [1.82, 2.24) is 10.3 Å². The van der Waals surface area contributed by atoms with Crippen molar-refractivity contribution in [2.24, 2.45) is 5.10 Å². The number of amides is 1. The van der Waals surface area contributed by atoms with Crippen molar-refractivity contribution < 1.29 is 4.79 Å². The van der Waals surface area contributed by atoms with Gasteiger partial charge < -0.3 is 10.6 Å². The van der Waals surface area contributed by atoms with Gasteiger partial charge in [0.05, 0.1) is 5.56 Å². The largest absolute Gasteiger partial charge is 0.398 e. The van der Waals surface area contributed by atoms with Crippen LogP contribution in [-0.4, -0.2) is 30.7 Å². The Bertz CT molecular complexity index is 412. The van der Waals surface area contributed by atoms with Crippen molar-refractivity contribution in [2.75, 3.05) is 19.8 Å². The van der Waals surface area contributed by atoms with Crippen LogP contribution in [-0.2, 0) is 0 Å². The third kappa shape index (κ3) is 2.98. The molecule has 1 aromatic carbocycles. The molecule has 5 nitrogen and oxygen atoms in total. The van der Waals surface area contributed by atoms with Gasteiger partial charge >= 0.3 is 0 Å². The number of amidine groups is 1. The summed E-state index contributed by atoms with van der Waals surface area (Å²) >= 11 is 0. The number of nitrogens with zero attached hydrogens (tertiary/aromatic N) is 2. The van der Waals surface area contributed by atoms with E-state index in [1.54, 1.807) is 36.1 Å². The normalized spacial score (nSPS) is 11.1. The minimum atomic E-state index is -0.306. The van der Waals surface area contributed by atoms with Crippen LogP contribution in [0.25, 0.3) is 0 Å². The monoisotopic (exact) mass is 220 g/mol. The minimum absolute atomic E-state index is 0.306. The summed E-state index contributed by atoms with van der Waals surface area (Å²) in [5.74, 6) is 0.405. The van der Waals surface area contributed by atoms with Crippen molar-refractivity contribution in [2.45, 2.75) is 6.92 Å². The zero-order valence-electron chi connectivity index (χ0n) is 9.69. The second kappa shape index (κ2) is 5.16. The van der Waals surface area contributed by atoms with Crippen LogP contribution in [0.2, 0.25) is 0 Å². The molecule has 0 aliphatic carbocycles. The highest BCUT2D eigenvalue weighted by atomic mass is 16.2. The molecule has 0 aromatic heterocycles. The number of rotatable bonds is 2. The van der Waals surface area contributed by atoms with Gasteiger partial charge in [-0.1, -0.05) is 12.1 Å². The Morgan fingerprint density at radius 3 is 2.56 bits per heavy atom. The Balaban J connectivity index is 2.74. The fraction of sp³-hybridized carbons (Fsp3) is 0.273. The molecular weight excluding hydrogens is 204 g/mol. The summed E-state index contributed by atoms with van der Waals surface area (Å²) in [5.41, 5.74) is 8.99. The molecule has 0 saturated heterocycles. The lowest BCUT2D eigenvalue weighted by Gasteiger charge is -2.11. The molecule has 0 bridgehead atoms. The maximum Gasteiger partial charge on any atom is 0.273 e. The van der Waals surface area contributed by atoms with Crippen LogP contribution in [0.4, 0.5) is 5.69 Å². The topological polar surface area (TPSA) is 70.7 Å². The van der Waals surface area contributed by atoms with Crippen LogP contribution < -0.4 is 11.2 Å². The van der Waals surface area contributed by atoms with E-state index in [-0.39, 0.29) is 5.91 Å². The number of hydrazone groups is 1. The number of anilines is 1. The second-order valence-corrected chi connectivity index (χ2v) is 3.58. The average Bonchev–Trinajstić information content (AvgIpc) is 2.25. The first-order chi connectivity index (χ1) is 7.52. The van der Waals surface area contributed by atoms with Gasteiger partial charge in [0.25, 0.3) is 5.91 Å². The van der Waals surface area contributed by atoms with E-state index in [0.29, 0.717) is 17.1 Å². The van der Waals surface area contributed by atoms with Gasteiger partial charge in [-0.05, 0) is 19.1 Å². The van der Waals surface area contributed by atoms with Gasteiger partial charge in [0.15, 0.2) is 0 Å². The quantitative estimate of drug-likeness (QED) is 0.336. The van der Waals surface area contributed by atoms with Crippen molar-refractivity contribution in [3.63, 3.8) is 0 Å². The molecule has 0 aliphatic rings. The Labute approximate surface area is 94.9 Å². The van der Waals surface area contributed by atoms with Gasteiger partial charge in [0, 0.05) is 19.8 Å². The highest BCUT2D eigenvalue weighted by molar-refractivity contribution is 5.99. The van der Waals surface area contributed by atoms with Crippen LogP contribution in [0, 0.1) is 0 Å². The maximum absolute atomic E-state index is 11.7. The molecule has 1 rings (SSSR count). The fourth-order valence-electron chi connectivity index (χ4n) is 0.996. The maximum atomic E-state index is 11.7. The predicted octanol–water partition coefficient (Wildman–Crippen LogP) is 0.894. The van der Waals surface area contributed by atoms with Crippen LogP contribution in [0.5, 0.6) is 0 Å². The summed E-state index contributed by atoms with van der Waals surface area (Å²) in [6, 6.07) is 6.87. The van der Waals surface area contributed by atoms with Crippen molar-refractivity contribution in [1.29, 1.82) is 0 Å². The SMILES string of the molecule is C/C(=N/NC(=O)c1ccccc1N)N(C)C. The predicted molar refractivity (Wildman–Crippen MR) is 65.1 cm³/mol. The molecule has 0 fully saturated rings. The van der Waals surface area contributed by atoms with Crippen LogP contribution in [0.15, 0.2) is 29.4 Å². The van der Waals surface area contributed by atoms with E-state index in [4.69, 9.17) is 5.73 Å². The summed E-state index contributed by atoms with van der Waals surface area (Å²) in [6.07, 6.45) is 0. The number of carbonyl (C=O) groups excluding carboxylic acids is 1. The van der Waals surface area contributed by atoms with Crippen molar-refractivity contribution in [3.05, 3.63) is 29.8 Å². The molecule has 0 heterocycles. The first kappa shape index (κ1) is 12.0.